The van der Waals surface area contributed by atoms with Gasteiger partial charge in [0, 0.05) is 19.3 Å². The molecule has 1 aliphatic rings. The minimum atomic E-state index is -3.59. The molecule has 0 saturated heterocycles. The third-order valence-corrected chi connectivity index (χ3v) is 4.64. The summed E-state index contributed by atoms with van der Waals surface area (Å²) in [6.45, 7) is 2.33. The Morgan fingerprint density at radius 2 is 2.26 bits per heavy atom. The van der Waals surface area contributed by atoms with Gasteiger partial charge in [-0.15, -0.1) is 0 Å². The van der Waals surface area contributed by atoms with Gasteiger partial charge in [-0.05, 0) is 13.3 Å². The van der Waals surface area contributed by atoms with Crippen molar-refractivity contribution in [3.8, 4) is 0 Å². The topological polar surface area (TPSA) is 92.5 Å². The highest BCUT2D eigenvalue weighted by molar-refractivity contribution is 7.89. The van der Waals surface area contributed by atoms with E-state index in [9.17, 15) is 13.2 Å². The summed E-state index contributed by atoms with van der Waals surface area (Å²) in [5.41, 5.74) is 1.01. The van der Waals surface area contributed by atoms with Crippen LogP contribution in [0.5, 0.6) is 0 Å². The first-order valence-corrected chi connectivity index (χ1v) is 7.23. The highest BCUT2D eigenvalue weighted by atomic mass is 32.2. The number of aromatic nitrogens is 2. The molecule has 0 saturated carbocycles. The Hall–Kier alpha value is -1.67. The molecule has 1 aromatic heterocycles. The smallest absolute Gasteiger partial charge is 0.325 e. The van der Waals surface area contributed by atoms with Crippen molar-refractivity contribution in [1.29, 1.82) is 0 Å². The van der Waals surface area contributed by atoms with Gasteiger partial charge in [0.15, 0.2) is 0 Å². The molecule has 0 amide bonds. The lowest BCUT2D eigenvalue weighted by Crippen LogP contribution is -2.35. The maximum atomic E-state index is 12.3. The number of hydrogen-bond acceptors (Lipinski definition) is 4. The molecule has 1 N–H and O–H groups in total. The van der Waals surface area contributed by atoms with Gasteiger partial charge in [-0.2, -0.15) is 9.40 Å². The molecule has 19 heavy (non-hydrogen) atoms. The number of hydrogen-bond donors (Lipinski definition) is 1. The Labute approximate surface area is 111 Å². The van der Waals surface area contributed by atoms with Crippen molar-refractivity contribution in [2.75, 3.05) is 13.1 Å². The van der Waals surface area contributed by atoms with Crippen LogP contribution in [0.15, 0.2) is 28.9 Å². The molecule has 2 rings (SSSR count). The van der Waals surface area contributed by atoms with Crippen LogP contribution in [0.25, 0.3) is 0 Å². The second-order valence-electron chi connectivity index (χ2n) is 4.45. The van der Waals surface area contributed by atoms with Crippen LogP contribution in [0.2, 0.25) is 0 Å². The third kappa shape index (κ3) is 3.02. The molecule has 0 radical (unpaired) electrons. The fraction of sp³-hybridized carbons (Fsp3) is 0.455. The van der Waals surface area contributed by atoms with Gasteiger partial charge in [0.2, 0.25) is 10.0 Å². The Morgan fingerprint density at radius 3 is 2.89 bits per heavy atom. The van der Waals surface area contributed by atoms with Crippen LogP contribution in [-0.4, -0.2) is 46.7 Å². The summed E-state index contributed by atoms with van der Waals surface area (Å²) >= 11 is 0. The molecule has 0 fully saturated rings. The lowest BCUT2D eigenvalue weighted by atomic mass is 10.2. The molecule has 7 nitrogen and oxygen atoms in total. The quantitative estimate of drug-likeness (QED) is 0.804. The molecule has 0 atom stereocenters. The summed E-state index contributed by atoms with van der Waals surface area (Å²) in [6, 6.07) is 0. The van der Waals surface area contributed by atoms with Gasteiger partial charge >= 0.3 is 5.97 Å². The first-order chi connectivity index (χ1) is 8.89. The zero-order valence-corrected chi connectivity index (χ0v) is 11.3. The number of carboxylic acids is 1. The van der Waals surface area contributed by atoms with Crippen molar-refractivity contribution < 1.29 is 18.3 Å². The average molecular weight is 285 g/mol. The SMILES string of the molecule is CC1=CCCN(S(=O)(=O)c2cnn(CC(=O)O)c2)C1. The molecule has 104 valence electrons. The van der Waals surface area contributed by atoms with E-state index < -0.39 is 16.0 Å². The lowest BCUT2D eigenvalue weighted by Gasteiger charge is -2.24. The number of nitrogens with zero attached hydrogens (tertiary/aromatic N) is 3. The maximum absolute atomic E-state index is 12.3. The standard InChI is InChI=1S/C11H15N3O4S/c1-9-3-2-4-14(6-9)19(17,18)10-5-12-13(7-10)8-11(15)16/h3,5,7H,2,4,6,8H2,1H3,(H,15,16). The number of carboxylic acid groups (broad SMARTS) is 1. The first kappa shape index (κ1) is 13.8. The summed E-state index contributed by atoms with van der Waals surface area (Å²) in [6.07, 6.45) is 5.14. The van der Waals surface area contributed by atoms with Gasteiger partial charge in [-0.1, -0.05) is 11.6 Å². The van der Waals surface area contributed by atoms with E-state index in [1.165, 1.54) is 16.7 Å². The van der Waals surface area contributed by atoms with Gasteiger partial charge in [0.1, 0.15) is 11.4 Å². The van der Waals surface area contributed by atoms with E-state index in [2.05, 4.69) is 5.10 Å². The molecular weight excluding hydrogens is 270 g/mol. The highest BCUT2D eigenvalue weighted by Crippen LogP contribution is 2.19. The van der Waals surface area contributed by atoms with E-state index in [0.29, 0.717) is 19.5 Å². The zero-order chi connectivity index (χ0) is 14.0. The molecule has 0 aromatic carbocycles. The molecule has 1 aromatic rings. The second kappa shape index (κ2) is 5.14. The Balaban J connectivity index is 2.22. The van der Waals surface area contributed by atoms with E-state index >= 15 is 0 Å². The van der Waals surface area contributed by atoms with Crippen molar-refractivity contribution in [1.82, 2.24) is 14.1 Å². The van der Waals surface area contributed by atoms with Gasteiger partial charge < -0.3 is 5.11 Å². The summed E-state index contributed by atoms with van der Waals surface area (Å²) in [7, 11) is -3.59. The average Bonchev–Trinajstić information content (AvgIpc) is 2.77. The first-order valence-electron chi connectivity index (χ1n) is 5.79. The van der Waals surface area contributed by atoms with Gasteiger partial charge in [-0.25, -0.2) is 8.42 Å². The van der Waals surface area contributed by atoms with Crippen molar-refractivity contribution in [2.45, 2.75) is 24.8 Å². The maximum Gasteiger partial charge on any atom is 0.325 e. The number of aliphatic carboxylic acids is 1. The normalized spacial score (nSPS) is 17.2. The van der Waals surface area contributed by atoms with Crippen LogP contribution < -0.4 is 0 Å². The minimum Gasteiger partial charge on any atom is -0.480 e. The van der Waals surface area contributed by atoms with Gasteiger partial charge in [0.25, 0.3) is 0 Å². The highest BCUT2D eigenvalue weighted by Gasteiger charge is 2.27. The lowest BCUT2D eigenvalue weighted by molar-refractivity contribution is -0.137. The molecule has 0 bridgehead atoms. The van der Waals surface area contributed by atoms with E-state index in [1.807, 2.05) is 13.0 Å². The second-order valence-corrected chi connectivity index (χ2v) is 6.38. The van der Waals surface area contributed by atoms with Crippen molar-refractivity contribution in [3.63, 3.8) is 0 Å². The van der Waals surface area contributed by atoms with Gasteiger partial charge in [-0.3, -0.25) is 9.48 Å². The third-order valence-electron chi connectivity index (χ3n) is 2.84. The fourth-order valence-electron chi connectivity index (χ4n) is 1.93. The van der Waals surface area contributed by atoms with Crippen LogP contribution in [0, 0.1) is 0 Å². The molecule has 0 unspecified atom stereocenters. The van der Waals surface area contributed by atoms with Gasteiger partial charge in [0.05, 0.1) is 6.20 Å². The van der Waals surface area contributed by atoms with Crippen LogP contribution in [0.1, 0.15) is 13.3 Å². The fourth-order valence-corrected chi connectivity index (χ4v) is 3.39. The van der Waals surface area contributed by atoms with Crippen molar-refractivity contribution in [2.24, 2.45) is 0 Å². The van der Waals surface area contributed by atoms with E-state index in [0.717, 1.165) is 10.3 Å². The Bertz CT molecular complexity index is 618. The summed E-state index contributed by atoms with van der Waals surface area (Å²) in [5.74, 6) is -1.07. The molecule has 0 spiro atoms. The van der Waals surface area contributed by atoms with Crippen molar-refractivity contribution >= 4 is 16.0 Å². The molecule has 1 aliphatic heterocycles. The van der Waals surface area contributed by atoms with Crippen LogP contribution in [0.4, 0.5) is 0 Å². The minimum absolute atomic E-state index is 0.0310. The molecule has 2 heterocycles. The van der Waals surface area contributed by atoms with E-state index in [4.69, 9.17) is 5.11 Å². The molecule has 8 heteroatoms. The van der Waals surface area contributed by atoms with Crippen LogP contribution >= 0.6 is 0 Å². The Morgan fingerprint density at radius 1 is 1.53 bits per heavy atom. The number of sulfonamides is 1. The van der Waals surface area contributed by atoms with Crippen molar-refractivity contribution in [3.05, 3.63) is 24.0 Å². The van der Waals surface area contributed by atoms with E-state index in [-0.39, 0.29) is 11.4 Å². The molecular formula is C11H15N3O4S. The van der Waals surface area contributed by atoms with Crippen LogP contribution in [0.3, 0.4) is 0 Å². The monoisotopic (exact) mass is 285 g/mol. The summed E-state index contributed by atoms with van der Waals surface area (Å²) in [4.78, 5) is 10.6. The zero-order valence-electron chi connectivity index (χ0n) is 10.5. The van der Waals surface area contributed by atoms with Crippen LogP contribution in [-0.2, 0) is 21.4 Å². The Kier molecular flexibility index (Phi) is 3.72. The molecule has 0 aliphatic carbocycles. The number of carbonyl (C=O) groups is 1. The predicted octanol–water partition coefficient (Wildman–Crippen LogP) is 0.308. The summed E-state index contributed by atoms with van der Waals surface area (Å²) < 4.78 is 27.1. The number of rotatable bonds is 4. The predicted molar refractivity (Wildman–Crippen MR) is 67.0 cm³/mol. The van der Waals surface area contributed by atoms with E-state index in [1.54, 1.807) is 0 Å². The largest absolute Gasteiger partial charge is 0.480 e. The summed E-state index contributed by atoms with van der Waals surface area (Å²) in [5, 5.41) is 12.4.